The van der Waals surface area contributed by atoms with Crippen LogP contribution in [0.1, 0.15) is 60.4 Å². The number of pyridine rings is 1. The number of aliphatic hydroxyl groups excluding tert-OH is 1. The molecule has 38 heavy (non-hydrogen) atoms. The molecule has 1 aliphatic carbocycles. The van der Waals surface area contributed by atoms with Gasteiger partial charge in [-0.05, 0) is 68.5 Å². The highest BCUT2D eigenvalue weighted by Crippen LogP contribution is 2.51. The maximum absolute atomic E-state index is 16.2. The first-order valence-electron chi connectivity index (χ1n) is 12.4. The van der Waals surface area contributed by atoms with Crippen LogP contribution in [0.2, 0.25) is 5.02 Å². The first kappa shape index (κ1) is 26.3. The van der Waals surface area contributed by atoms with Gasteiger partial charge in [0.25, 0.3) is 5.91 Å². The molecule has 9 heteroatoms. The van der Waals surface area contributed by atoms with Gasteiger partial charge in [-0.15, -0.1) is 0 Å². The van der Waals surface area contributed by atoms with Crippen LogP contribution in [0.3, 0.4) is 0 Å². The van der Waals surface area contributed by atoms with Gasteiger partial charge < -0.3 is 10.2 Å². The van der Waals surface area contributed by atoms with Gasteiger partial charge in [0.15, 0.2) is 0 Å². The molecule has 0 spiro atoms. The minimum Gasteiger partial charge on any atom is -0.390 e. The number of hydrogen-bond acceptors (Lipinski definition) is 6. The fraction of sp³-hybridized carbons (Fsp3) is 0.345. The average molecular weight is 536 g/mol. The Morgan fingerprint density at radius 3 is 2.58 bits per heavy atom. The lowest BCUT2D eigenvalue weighted by atomic mass is 9.73. The lowest BCUT2D eigenvalue weighted by molar-refractivity contribution is -0.265. The van der Waals surface area contributed by atoms with E-state index in [-0.39, 0.29) is 28.8 Å². The summed E-state index contributed by atoms with van der Waals surface area (Å²) in [7, 11) is 0. The van der Waals surface area contributed by atoms with Crippen LogP contribution in [-0.2, 0) is 16.8 Å². The summed E-state index contributed by atoms with van der Waals surface area (Å²) < 4.78 is 16.2. The largest absolute Gasteiger partial charge is 0.390 e. The smallest absolute Gasteiger partial charge is 0.281 e. The number of benzene rings is 2. The molecule has 196 valence electrons. The normalized spacial score (nSPS) is 23.0. The summed E-state index contributed by atoms with van der Waals surface area (Å²) in [6.45, 7) is 3.05. The Morgan fingerprint density at radius 2 is 1.95 bits per heavy atom. The number of aromatic nitrogens is 1. The van der Waals surface area contributed by atoms with Crippen LogP contribution in [0.4, 0.5) is 4.39 Å². The number of nitriles is 1. The standard InChI is InChI=1S/C29H27ClFN3O4/c1-28(2,37)29(15-19-5-3-6-20(16-32)33-19)22-14-13-21(17-9-11-18(30)12-10-17)26(31)25(22)27(36)34(29)38-24-8-4-7-23(24)35/h3,5-6,9-14,23-24,35,37H,4,7-8,15H2,1-2H3/t23?,24?,29-/m1/s1. The molecule has 7 nitrogen and oxygen atoms in total. The topological polar surface area (TPSA) is 107 Å². The molecule has 1 fully saturated rings. The molecule has 0 radical (unpaired) electrons. The van der Waals surface area contributed by atoms with Gasteiger partial charge in [-0.3, -0.25) is 9.63 Å². The van der Waals surface area contributed by atoms with Crippen LogP contribution in [-0.4, -0.2) is 44.0 Å². The third kappa shape index (κ3) is 4.26. The molecule has 0 bridgehead atoms. The quantitative estimate of drug-likeness (QED) is 0.464. The molecule has 1 aliphatic heterocycles. The Morgan fingerprint density at radius 1 is 1.21 bits per heavy atom. The minimum absolute atomic E-state index is 0.0622. The van der Waals surface area contributed by atoms with E-state index in [1.807, 2.05) is 6.07 Å². The van der Waals surface area contributed by atoms with Crippen LogP contribution in [0.15, 0.2) is 54.6 Å². The summed E-state index contributed by atoms with van der Waals surface area (Å²) in [4.78, 5) is 24.5. The van der Waals surface area contributed by atoms with E-state index in [2.05, 4.69) is 4.98 Å². The molecule has 2 aliphatic rings. The summed E-state index contributed by atoms with van der Waals surface area (Å²) >= 11 is 6.01. The maximum Gasteiger partial charge on any atom is 0.281 e. The molecule has 1 amide bonds. The summed E-state index contributed by atoms with van der Waals surface area (Å²) in [5, 5.41) is 33.1. The fourth-order valence-electron chi connectivity index (χ4n) is 5.53. The van der Waals surface area contributed by atoms with E-state index < -0.39 is 35.1 Å². The highest BCUT2D eigenvalue weighted by Gasteiger charge is 2.61. The number of hydrogen-bond donors (Lipinski definition) is 2. The highest BCUT2D eigenvalue weighted by molar-refractivity contribution is 6.30. The second kappa shape index (κ2) is 9.75. The number of nitrogens with zero attached hydrogens (tertiary/aromatic N) is 3. The van der Waals surface area contributed by atoms with Crippen molar-refractivity contribution in [2.75, 3.05) is 0 Å². The summed E-state index contributed by atoms with van der Waals surface area (Å²) in [5.41, 5.74) is -1.94. The molecule has 5 rings (SSSR count). The van der Waals surface area contributed by atoms with Crippen molar-refractivity contribution in [2.45, 2.75) is 62.9 Å². The number of halogens is 2. The van der Waals surface area contributed by atoms with E-state index in [9.17, 15) is 20.3 Å². The molecule has 2 N–H and O–H groups in total. The summed E-state index contributed by atoms with van der Waals surface area (Å²) in [6.07, 6.45) is 0.150. The average Bonchev–Trinajstić information content (AvgIpc) is 3.39. The molecule has 2 aromatic carbocycles. The van der Waals surface area contributed by atoms with E-state index in [0.29, 0.717) is 35.5 Å². The van der Waals surface area contributed by atoms with Crippen molar-refractivity contribution in [3.05, 3.63) is 88.0 Å². The molecule has 3 atom stereocenters. The Hall–Kier alpha value is -3.35. The van der Waals surface area contributed by atoms with Crippen LogP contribution in [0.25, 0.3) is 11.1 Å². The molecule has 1 aromatic heterocycles. The van der Waals surface area contributed by atoms with Gasteiger partial charge in [-0.2, -0.15) is 5.26 Å². The molecule has 1 saturated carbocycles. The number of rotatable bonds is 6. The van der Waals surface area contributed by atoms with Gasteiger partial charge in [0.05, 0.1) is 17.3 Å². The predicted octanol–water partition coefficient (Wildman–Crippen LogP) is 4.92. The van der Waals surface area contributed by atoms with Crippen molar-refractivity contribution in [1.82, 2.24) is 10.0 Å². The molecule has 2 unspecified atom stereocenters. The zero-order valence-corrected chi connectivity index (χ0v) is 21.7. The van der Waals surface area contributed by atoms with E-state index in [0.717, 1.165) is 5.06 Å². The number of hydroxylamine groups is 2. The van der Waals surface area contributed by atoms with Crippen LogP contribution < -0.4 is 0 Å². The second-order valence-electron chi connectivity index (χ2n) is 10.3. The maximum atomic E-state index is 16.2. The van der Waals surface area contributed by atoms with E-state index >= 15 is 4.39 Å². The van der Waals surface area contributed by atoms with E-state index in [1.54, 1.807) is 54.6 Å². The Balaban J connectivity index is 1.72. The minimum atomic E-state index is -1.66. The lowest BCUT2D eigenvalue weighted by Crippen LogP contribution is -2.60. The van der Waals surface area contributed by atoms with E-state index in [1.165, 1.54) is 13.8 Å². The van der Waals surface area contributed by atoms with Crippen molar-refractivity contribution in [2.24, 2.45) is 0 Å². The third-order valence-corrected chi connectivity index (χ3v) is 7.77. The Kier molecular flexibility index (Phi) is 6.74. The molecule has 0 saturated heterocycles. The van der Waals surface area contributed by atoms with Gasteiger partial charge in [-0.1, -0.05) is 41.9 Å². The molecule has 3 aromatic rings. The zero-order valence-electron chi connectivity index (χ0n) is 21.0. The van der Waals surface area contributed by atoms with Crippen LogP contribution in [0, 0.1) is 17.1 Å². The number of fused-ring (bicyclic) bond motifs is 1. The Bertz CT molecular complexity index is 1430. The van der Waals surface area contributed by atoms with Gasteiger partial charge in [0.2, 0.25) is 0 Å². The SMILES string of the molecule is CC(C)(O)[C@@]1(Cc2cccc(C#N)n2)c2ccc(-c3ccc(Cl)cc3)c(F)c2C(=O)N1OC1CCCC1O. The van der Waals surface area contributed by atoms with Gasteiger partial charge in [0.1, 0.15) is 29.2 Å². The molecular formula is C29H27ClFN3O4. The first-order valence-corrected chi connectivity index (χ1v) is 12.8. The molecular weight excluding hydrogens is 509 g/mol. The lowest BCUT2D eigenvalue weighted by Gasteiger charge is -2.47. The second-order valence-corrected chi connectivity index (χ2v) is 10.8. The van der Waals surface area contributed by atoms with Crippen molar-refractivity contribution >= 4 is 17.5 Å². The van der Waals surface area contributed by atoms with Gasteiger partial charge >= 0.3 is 0 Å². The number of carbonyl (C=O) groups excluding carboxylic acids is 1. The third-order valence-electron chi connectivity index (χ3n) is 7.52. The molecule has 2 heterocycles. The summed E-state index contributed by atoms with van der Waals surface area (Å²) in [6, 6.07) is 16.7. The zero-order chi connectivity index (χ0) is 27.2. The number of amides is 1. The predicted molar refractivity (Wildman–Crippen MR) is 138 cm³/mol. The Labute approximate surface area is 225 Å². The van der Waals surface area contributed by atoms with Crippen molar-refractivity contribution < 1.29 is 24.2 Å². The van der Waals surface area contributed by atoms with Crippen molar-refractivity contribution in [3.8, 4) is 17.2 Å². The number of aliphatic hydroxyl groups is 2. The monoisotopic (exact) mass is 535 g/mol. The van der Waals surface area contributed by atoms with Crippen LogP contribution in [0.5, 0.6) is 0 Å². The summed E-state index contributed by atoms with van der Waals surface area (Å²) in [5.74, 6) is -1.51. The highest BCUT2D eigenvalue weighted by atomic mass is 35.5. The fourth-order valence-corrected chi connectivity index (χ4v) is 5.66. The van der Waals surface area contributed by atoms with Gasteiger partial charge in [0, 0.05) is 22.7 Å². The first-order chi connectivity index (χ1) is 18.1. The van der Waals surface area contributed by atoms with Crippen LogP contribution >= 0.6 is 11.6 Å². The van der Waals surface area contributed by atoms with Crippen molar-refractivity contribution in [1.29, 1.82) is 5.26 Å². The van der Waals surface area contributed by atoms with E-state index in [4.69, 9.17) is 16.4 Å². The van der Waals surface area contributed by atoms with Crippen molar-refractivity contribution in [3.63, 3.8) is 0 Å². The van der Waals surface area contributed by atoms with Gasteiger partial charge in [-0.25, -0.2) is 14.4 Å². The number of carbonyl (C=O) groups is 1.